The highest BCUT2D eigenvalue weighted by molar-refractivity contribution is 6.12. The third-order valence-electron chi connectivity index (χ3n) is 7.83. The lowest BCUT2D eigenvalue weighted by molar-refractivity contribution is -0.123. The molecule has 0 unspecified atom stereocenters. The number of hydrogen-bond acceptors (Lipinski definition) is 8. The van der Waals surface area contributed by atoms with E-state index in [4.69, 9.17) is 19.6 Å². The van der Waals surface area contributed by atoms with Gasteiger partial charge in [0.2, 0.25) is 0 Å². The first-order valence-electron chi connectivity index (χ1n) is 13.5. The number of rotatable bonds is 11. The second kappa shape index (κ2) is 10.5. The zero-order valence-electron chi connectivity index (χ0n) is 22.7. The van der Waals surface area contributed by atoms with Crippen molar-refractivity contribution in [3.05, 3.63) is 58.6 Å². The fourth-order valence-electron chi connectivity index (χ4n) is 5.68. The van der Waals surface area contributed by atoms with E-state index in [0.29, 0.717) is 34.4 Å². The van der Waals surface area contributed by atoms with E-state index in [1.54, 1.807) is 45.2 Å². The molecule has 0 saturated heterocycles. The first-order chi connectivity index (χ1) is 18.6. The molecule has 4 aliphatic rings. The zero-order chi connectivity index (χ0) is 27.8. The van der Waals surface area contributed by atoms with E-state index in [0.717, 1.165) is 56.7 Å². The highest BCUT2D eigenvalue weighted by atomic mass is 16.5. The number of benzene rings is 1. The number of amides is 1. The van der Waals surface area contributed by atoms with Gasteiger partial charge in [0, 0.05) is 18.2 Å². The molecule has 3 aliphatic carbocycles. The first kappa shape index (κ1) is 27.0. The molecule has 9 nitrogen and oxygen atoms in total. The van der Waals surface area contributed by atoms with Crippen LogP contribution in [0.5, 0.6) is 11.5 Å². The van der Waals surface area contributed by atoms with Crippen LogP contribution in [0.15, 0.2) is 53.1 Å². The molecule has 5 rings (SSSR count). The number of allylic oxidation sites excluding steroid dienone is 3. The lowest BCUT2D eigenvalue weighted by Crippen LogP contribution is -2.59. The Bertz CT molecular complexity index is 1240. The van der Waals surface area contributed by atoms with Gasteiger partial charge in [-0.3, -0.25) is 9.59 Å². The van der Waals surface area contributed by atoms with Gasteiger partial charge >= 0.3 is 0 Å². The van der Waals surface area contributed by atoms with Crippen molar-refractivity contribution >= 4 is 18.4 Å². The molecule has 1 amide bonds. The number of carbonyl (C=O) groups excluding carboxylic acids is 2. The minimum Gasteiger partial charge on any atom is -0.497 e. The van der Waals surface area contributed by atoms with E-state index < -0.39 is 5.60 Å². The van der Waals surface area contributed by atoms with Gasteiger partial charge in [0.05, 0.1) is 41.3 Å². The smallest absolute Gasteiger partial charge is 0.255 e. The van der Waals surface area contributed by atoms with Crippen LogP contribution in [0, 0.1) is 16.7 Å². The van der Waals surface area contributed by atoms with Crippen LogP contribution in [0.2, 0.25) is 0 Å². The van der Waals surface area contributed by atoms with Crippen molar-refractivity contribution in [2.45, 2.75) is 70.1 Å². The summed E-state index contributed by atoms with van der Waals surface area (Å²) >= 11 is 0. The number of carbonyl (C=O) groups is 2. The summed E-state index contributed by atoms with van der Waals surface area (Å²) in [5, 5.41) is 24.4. The molecule has 1 aliphatic heterocycles. The van der Waals surface area contributed by atoms with Crippen LogP contribution >= 0.6 is 0 Å². The summed E-state index contributed by atoms with van der Waals surface area (Å²) in [6.45, 7) is 3.55. The number of aliphatic hydroxyl groups is 1. The Hall–Kier alpha value is -3.59. The summed E-state index contributed by atoms with van der Waals surface area (Å²) in [5.41, 5.74) is 1.45. The van der Waals surface area contributed by atoms with Crippen molar-refractivity contribution in [2.24, 2.45) is 11.3 Å². The number of nitrogens with one attached hydrogen (secondary N) is 3. The van der Waals surface area contributed by atoms with E-state index in [1.807, 2.05) is 6.08 Å². The summed E-state index contributed by atoms with van der Waals surface area (Å²) in [6, 6.07) is 5.27. The van der Waals surface area contributed by atoms with Crippen LogP contribution in [0.25, 0.3) is 0 Å². The molecule has 1 aromatic rings. The molecule has 4 N–H and O–H groups in total. The van der Waals surface area contributed by atoms with E-state index in [9.17, 15) is 14.7 Å². The molecular formula is C30H37N3O6. The van der Waals surface area contributed by atoms with Gasteiger partial charge in [-0.05, 0) is 88.1 Å². The third-order valence-corrected chi connectivity index (χ3v) is 7.83. The Labute approximate surface area is 228 Å². The zero-order valence-corrected chi connectivity index (χ0v) is 22.7. The van der Waals surface area contributed by atoms with E-state index in [1.165, 1.54) is 0 Å². The van der Waals surface area contributed by atoms with Gasteiger partial charge in [0.15, 0.2) is 6.29 Å². The maximum Gasteiger partial charge on any atom is 0.255 e. The Balaban J connectivity index is 1.14. The maximum atomic E-state index is 13.1. The summed E-state index contributed by atoms with van der Waals surface area (Å²) in [4.78, 5) is 24.5. The average Bonchev–Trinajstić information content (AvgIpc) is 3.70. The molecule has 0 atom stereocenters. The molecule has 1 aromatic carbocycles. The molecule has 1 spiro atoms. The number of methoxy groups -OCH3 is 1. The Kier molecular flexibility index (Phi) is 7.29. The number of ether oxygens (including phenoxy) is 3. The minimum absolute atomic E-state index is 0.0463. The molecule has 208 valence electrons. The summed E-state index contributed by atoms with van der Waals surface area (Å²) in [7, 11) is 1.56. The molecule has 9 heteroatoms. The van der Waals surface area contributed by atoms with Crippen LogP contribution < -0.4 is 20.1 Å². The fraction of sp³-hybridized carbons (Fsp3) is 0.500. The molecule has 0 radical (unpaired) electrons. The largest absolute Gasteiger partial charge is 0.497 e. The van der Waals surface area contributed by atoms with Crippen LogP contribution in [-0.2, 0) is 9.53 Å². The predicted molar refractivity (Wildman–Crippen MR) is 146 cm³/mol. The van der Waals surface area contributed by atoms with Crippen molar-refractivity contribution in [3.63, 3.8) is 0 Å². The van der Waals surface area contributed by atoms with Gasteiger partial charge in [-0.25, -0.2) is 0 Å². The Morgan fingerprint density at radius 1 is 1.23 bits per heavy atom. The van der Waals surface area contributed by atoms with Crippen molar-refractivity contribution < 1.29 is 28.9 Å². The maximum absolute atomic E-state index is 13.1. The molecule has 0 bridgehead atoms. The molecule has 39 heavy (non-hydrogen) atoms. The van der Waals surface area contributed by atoms with Crippen molar-refractivity contribution in [3.8, 4) is 11.5 Å². The second-order valence-corrected chi connectivity index (χ2v) is 11.8. The Morgan fingerprint density at radius 2 is 1.97 bits per heavy atom. The van der Waals surface area contributed by atoms with Gasteiger partial charge in [-0.1, -0.05) is 0 Å². The summed E-state index contributed by atoms with van der Waals surface area (Å²) in [5.74, 6) is 1.92. The van der Waals surface area contributed by atoms with Crippen molar-refractivity contribution in [1.29, 1.82) is 5.41 Å². The van der Waals surface area contributed by atoms with Gasteiger partial charge in [-0.15, -0.1) is 0 Å². The predicted octanol–water partition coefficient (Wildman–Crippen LogP) is 3.79. The van der Waals surface area contributed by atoms with Crippen molar-refractivity contribution in [2.75, 3.05) is 13.7 Å². The van der Waals surface area contributed by atoms with Gasteiger partial charge in [0.25, 0.3) is 5.91 Å². The highest BCUT2D eigenvalue weighted by Gasteiger charge is 2.54. The monoisotopic (exact) mass is 535 g/mol. The van der Waals surface area contributed by atoms with Gasteiger partial charge in [0.1, 0.15) is 23.9 Å². The summed E-state index contributed by atoms with van der Waals surface area (Å²) < 4.78 is 17.1. The SMILES string of the molecule is COc1ccc(OC2CC3(CC(NC(=O)/C(C=N)=C4\C=CC(OCC(C)(C)O)=C(C5CC5)N4)C3)C2)c(C=O)c1. The quantitative estimate of drug-likeness (QED) is 0.193. The second-order valence-electron chi connectivity index (χ2n) is 11.8. The number of hydrogen-bond donors (Lipinski definition) is 4. The number of aldehydes is 1. The number of dihydropyridines is 1. The lowest BCUT2D eigenvalue weighted by atomic mass is 9.53. The lowest BCUT2D eigenvalue weighted by Gasteiger charge is -2.57. The van der Waals surface area contributed by atoms with Crippen LogP contribution in [0.1, 0.15) is 62.7 Å². The van der Waals surface area contributed by atoms with Crippen LogP contribution in [-0.4, -0.2) is 55.0 Å². The van der Waals surface area contributed by atoms with E-state index >= 15 is 0 Å². The normalized spacial score (nSPS) is 27.1. The van der Waals surface area contributed by atoms with E-state index in [-0.39, 0.29) is 35.6 Å². The molecular weight excluding hydrogens is 498 g/mol. The molecule has 3 saturated carbocycles. The van der Waals surface area contributed by atoms with E-state index in [2.05, 4.69) is 10.6 Å². The van der Waals surface area contributed by atoms with Crippen LogP contribution in [0.3, 0.4) is 0 Å². The Morgan fingerprint density at radius 3 is 2.59 bits per heavy atom. The highest BCUT2D eigenvalue weighted by Crippen LogP contribution is 2.57. The summed E-state index contributed by atoms with van der Waals surface area (Å²) in [6.07, 6.45) is 11.1. The fourth-order valence-corrected chi connectivity index (χ4v) is 5.68. The average molecular weight is 536 g/mol. The van der Waals surface area contributed by atoms with Gasteiger partial charge in [-0.2, -0.15) is 0 Å². The topological polar surface area (TPSA) is 130 Å². The van der Waals surface area contributed by atoms with Gasteiger partial charge < -0.3 is 35.4 Å². The van der Waals surface area contributed by atoms with Crippen LogP contribution in [0.4, 0.5) is 0 Å². The molecule has 1 heterocycles. The standard InChI is InChI=1S/C30H37N3O6/c1-29(2,36)17-38-26-9-7-24(33-27(26)18-4-5-18)23(15-31)28(35)32-20-11-30(12-20)13-22(14-30)39-25-8-6-21(37-3)10-19(25)16-34/h6-10,15-16,18,20,22,31,33,36H,4-5,11-14,17H2,1-3H3,(H,32,35)/b24-23+,31-15?. The van der Waals surface area contributed by atoms with Crippen molar-refractivity contribution in [1.82, 2.24) is 10.6 Å². The molecule has 0 aromatic heterocycles. The third kappa shape index (κ3) is 6.03. The first-order valence-corrected chi connectivity index (χ1v) is 13.5. The minimum atomic E-state index is -0.952. The molecule has 3 fully saturated rings.